The number of fused-ring (bicyclic) bond motifs is 1. The van der Waals surface area contributed by atoms with Crippen molar-refractivity contribution in [2.24, 2.45) is 0 Å². The molecule has 160 valence electrons. The molecule has 8 nitrogen and oxygen atoms in total. The molecule has 0 aliphatic carbocycles. The number of alkyl halides is 1. The second-order valence-electron chi connectivity index (χ2n) is 7.94. The van der Waals surface area contributed by atoms with E-state index >= 15 is 0 Å². The molecule has 0 aromatic carbocycles. The summed E-state index contributed by atoms with van der Waals surface area (Å²) in [6.45, 7) is 5.63. The fraction of sp³-hybridized carbons (Fsp3) is 0.524. The van der Waals surface area contributed by atoms with E-state index in [4.69, 9.17) is 21.3 Å². The number of methoxy groups -OCH3 is 1. The van der Waals surface area contributed by atoms with E-state index in [1.807, 2.05) is 12.3 Å². The van der Waals surface area contributed by atoms with Crippen molar-refractivity contribution in [3.05, 3.63) is 41.7 Å². The lowest BCUT2D eigenvalue weighted by molar-refractivity contribution is -0.700. The van der Waals surface area contributed by atoms with Gasteiger partial charge in [0.2, 0.25) is 5.95 Å². The molecule has 3 aromatic rings. The van der Waals surface area contributed by atoms with E-state index in [1.54, 1.807) is 13.3 Å². The minimum absolute atomic E-state index is 0.0429. The predicted octanol–water partition coefficient (Wildman–Crippen LogP) is 2.14. The molecule has 1 fully saturated rings. The molecule has 0 bridgehead atoms. The molecular formula is C21H28ClN6O2+. The van der Waals surface area contributed by atoms with Crippen molar-refractivity contribution in [1.29, 1.82) is 0 Å². The van der Waals surface area contributed by atoms with Gasteiger partial charge in [-0.3, -0.25) is 4.98 Å². The number of rotatable bonds is 6. The van der Waals surface area contributed by atoms with Gasteiger partial charge in [-0.05, 0) is 26.3 Å². The Morgan fingerprint density at radius 2 is 2.20 bits per heavy atom. The summed E-state index contributed by atoms with van der Waals surface area (Å²) < 4.78 is 7.54. The second-order valence-corrected chi connectivity index (χ2v) is 8.50. The molecule has 30 heavy (non-hydrogen) atoms. The van der Waals surface area contributed by atoms with E-state index in [0.717, 1.165) is 41.2 Å². The van der Waals surface area contributed by atoms with Crippen LogP contribution in [0.2, 0.25) is 0 Å². The molecule has 1 aliphatic rings. The molecule has 2 N–H and O–H groups in total. The van der Waals surface area contributed by atoms with Gasteiger partial charge in [0.25, 0.3) is 5.82 Å². The van der Waals surface area contributed by atoms with Gasteiger partial charge in [-0.25, -0.2) is 19.5 Å². The summed E-state index contributed by atoms with van der Waals surface area (Å²) >= 11 is 6.45. The summed E-state index contributed by atoms with van der Waals surface area (Å²) in [6, 6.07) is 4.20. The molecule has 2 atom stereocenters. The summed E-state index contributed by atoms with van der Waals surface area (Å²) in [5.74, 6) is 1.47. The smallest absolute Gasteiger partial charge is 0.281 e. The number of hydrogen-bond donors (Lipinski definition) is 2. The minimum atomic E-state index is -0.0825. The number of imidazole rings is 1. The number of nitrogens with zero attached hydrogens (tertiary/aromatic N) is 5. The zero-order valence-corrected chi connectivity index (χ0v) is 18.3. The predicted molar refractivity (Wildman–Crippen MR) is 115 cm³/mol. The number of H-pyrrole nitrogens is 1. The van der Waals surface area contributed by atoms with Gasteiger partial charge in [-0.1, -0.05) is 0 Å². The number of pyridine rings is 1. The number of nitrogens with one attached hydrogen (secondary N) is 1. The van der Waals surface area contributed by atoms with Crippen molar-refractivity contribution in [2.45, 2.75) is 50.8 Å². The quantitative estimate of drug-likeness (QED) is 0.459. The van der Waals surface area contributed by atoms with E-state index in [-0.39, 0.29) is 24.1 Å². The van der Waals surface area contributed by atoms with Crippen molar-refractivity contribution < 1.29 is 14.4 Å². The average molecular weight is 432 g/mol. The Bertz CT molecular complexity index is 1020. The Hall–Kier alpha value is -2.29. The summed E-state index contributed by atoms with van der Waals surface area (Å²) in [5, 5.41) is 9.58. The van der Waals surface area contributed by atoms with Crippen LogP contribution in [0.15, 0.2) is 24.5 Å². The second kappa shape index (κ2) is 8.83. The fourth-order valence-corrected chi connectivity index (χ4v) is 4.49. The number of anilines is 1. The molecular weight excluding hydrogens is 404 g/mol. The molecule has 0 saturated carbocycles. The van der Waals surface area contributed by atoms with Crippen molar-refractivity contribution in [2.75, 3.05) is 25.1 Å². The van der Waals surface area contributed by atoms with Gasteiger partial charge >= 0.3 is 0 Å². The Balaban J connectivity index is 1.57. The number of piperidine rings is 1. The number of aromatic amines is 1. The molecule has 3 aromatic heterocycles. The van der Waals surface area contributed by atoms with E-state index in [1.165, 1.54) is 0 Å². The van der Waals surface area contributed by atoms with Gasteiger partial charge in [0, 0.05) is 38.9 Å². The van der Waals surface area contributed by atoms with Crippen LogP contribution in [0.1, 0.15) is 43.5 Å². The Morgan fingerprint density at radius 1 is 1.37 bits per heavy atom. The molecule has 4 heterocycles. The van der Waals surface area contributed by atoms with Crippen LogP contribution in [0.25, 0.3) is 11.0 Å². The van der Waals surface area contributed by atoms with Crippen molar-refractivity contribution >= 4 is 28.6 Å². The lowest BCUT2D eigenvalue weighted by Crippen LogP contribution is -2.45. The lowest BCUT2D eigenvalue weighted by Gasteiger charge is -2.34. The van der Waals surface area contributed by atoms with Gasteiger partial charge in [0.1, 0.15) is 6.61 Å². The van der Waals surface area contributed by atoms with Crippen LogP contribution in [0, 0.1) is 0 Å². The lowest BCUT2D eigenvalue weighted by atomic mass is 10.1. The Kier molecular flexibility index (Phi) is 6.17. The SMILES string of the molecule is CO[C@@H]1CCN(c2nccc(Cc3cc4c(cn3)[nH]c(CO)[n+]4C(C)C)n2)C[C@@H]1Cl. The van der Waals surface area contributed by atoms with Gasteiger partial charge in [0.05, 0.1) is 35.1 Å². The normalized spacial score (nSPS) is 19.7. The van der Waals surface area contributed by atoms with E-state index in [9.17, 15) is 5.11 Å². The molecule has 9 heteroatoms. The van der Waals surface area contributed by atoms with Crippen LogP contribution < -0.4 is 9.47 Å². The highest BCUT2D eigenvalue weighted by molar-refractivity contribution is 6.21. The maximum Gasteiger partial charge on any atom is 0.281 e. The molecule has 0 radical (unpaired) electrons. The van der Waals surface area contributed by atoms with Crippen molar-refractivity contribution in [3.8, 4) is 0 Å². The molecule has 0 spiro atoms. The van der Waals surface area contributed by atoms with Crippen LogP contribution >= 0.6 is 11.6 Å². The number of aromatic nitrogens is 5. The maximum atomic E-state index is 9.67. The first-order valence-electron chi connectivity index (χ1n) is 10.3. The first-order chi connectivity index (χ1) is 14.5. The summed E-state index contributed by atoms with van der Waals surface area (Å²) in [4.78, 5) is 19.2. The first-order valence-corrected chi connectivity index (χ1v) is 10.7. The molecule has 0 amide bonds. The Labute approximate surface area is 180 Å². The average Bonchev–Trinajstić information content (AvgIpc) is 3.12. The summed E-state index contributed by atoms with van der Waals surface area (Å²) in [5.41, 5.74) is 3.76. The number of hydrogen-bond acceptors (Lipinski definition) is 6. The number of aliphatic hydroxyl groups is 1. The van der Waals surface area contributed by atoms with Crippen LogP contribution in [0.5, 0.6) is 0 Å². The molecule has 4 rings (SSSR count). The van der Waals surface area contributed by atoms with Gasteiger partial charge in [0.15, 0.2) is 11.0 Å². The third-order valence-corrected chi connectivity index (χ3v) is 5.98. The van der Waals surface area contributed by atoms with Crippen LogP contribution in [0.3, 0.4) is 0 Å². The standard InChI is InChI=1S/C21H27ClN6O2/c1-13(2)28-18-9-15(24-10-17(18)26-20(28)12-29)8-14-4-6-23-21(25-14)27-7-5-19(30-3)16(22)11-27/h4,6,9-10,13,16,19,29H,5,7-8,11-12H2,1-3H3/p+1/t16-,19+/m0/s1. The summed E-state index contributed by atoms with van der Waals surface area (Å²) in [7, 11) is 1.70. The number of ether oxygens (including phenoxy) is 1. The molecule has 1 aliphatic heterocycles. The zero-order chi connectivity index (χ0) is 21.3. The van der Waals surface area contributed by atoms with Gasteiger partial charge in [-0.2, -0.15) is 0 Å². The highest BCUT2D eigenvalue weighted by Gasteiger charge is 2.29. The van der Waals surface area contributed by atoms with Crippen LogP contribution in [0.4, 0.5) is 5.95 Å². The van der Waals surface area contributed by atoms with E-state index in [2.05, 4.69) is 44.3 Å². The molecule has 1 saturated heterocycles. The minimum Gasteiger partial charge on any atom is -0.384 e. The first kappa shape index (κ1) is 21.0. The largest absolute Gasteiger partial charge is 0.384 e. The van der Waals surface area contributed by atoms with Crippen molar-refractivity contribution in [3.63, 3.8) is 0 Å². The van der Waals surface area contributed by atoms with Crippen molar-refractivity contribution in [1.82, 2.24) is 19.9 Å². The molecule has 0 unspecified atom stereocenters. The fourth-order valence-electron chi connectivity index (χ4n) is 4.10. The number of halogens is 1. The maximum absolute atomic E-state index is 9.67. The zero-order valence-electron chi connectivity index (χ0n) is 17.5. The highest BCUT2D eigenvalue weighted by Crippen LogP contribution is 2.22. The third kappa shape index (κ3) is 4.12. The highest BCUT2D eigenvalue weighted by atomic mass is 35.5. The third-order valence-electron chi connectivity index (χ3n) is 5.56. The topological polar surface area (TPSA) is 91.0 Å². The number of aliphatic hydroxyl groups excluding tert-OH is 1. The van der Waals surface area contributed by atoms with E-state index in [0.29, 0.717) is 18.9 Å². The van der Waals surface area contributed by atoms with E-state index < -0.39 is 0 Å². The summed E-state index contributed by atoms with van der Waals surface area (Å²) in [6.07, 6.45) is 5.13. The van der Waals surface area contributed by atoms with Gasteiger partial charge < -0.3 is 14.7 Å². The van der Waals surface area contributed by atoms with Crippen LogP contribution in [-0.2, 0) is 17.8 Å². The van der Waals surface area contributed by atoms with Gasteiger partial charge in [-0.15, -0.1) is 11.6 Å². The van der Waals surface area contributed by atoms with Crippen LogP contribution in [-0.4, -0.2) is 56.7 Å². The monoisotopic (exact) mass is 431 g/mol. The Morgan fingerprint density at radius 3 is 2.90 bits per heavy atom.